The molecule has 3 aromatic rings. The van der Waals surface area contributed by atoms with Gasteiger partial charge in [0.15, 0.2) is 0 Å². The van der Waals surface area contributed by atoms with E-state index in [1.165, 1.54) is 27.1 Å². The van der Waals surface area contributed by atoms with Crippen LogP contribution >= 0.6 is 11.3 Å². The van der Waals surface area contributed by atoms with Gasteiger partial charge in [0.2, 0.25) is 5.88 Å². The Morgan fingerprint density at radius 2 is 2.24 bits per heavy atom. The van der Waals surface area contributed by atoms with Gasteiger partial charge < -0.3 is 10.1 Å². The fourth-order valence-electron chi connectivity index (χ4n) is 3.44. The Balaban J connectivity index is 1.71. The van der Waals surface area contributed by atoms with Crippen molar-refractivity contribution in [3.8, 4) is 5.88 Å². The molecule has 0 spiro atoms. The number of nitrogens with zero attached hydrogens (tertiary/aromatic N) is 3. The molecule has 1 aliphatic heterocycles. The summed E-state index contributed by atoms with van der Waals surface area (Å²) in [7, 11) is 3.34. The Bertz CT molecular complexity index is 1200. The Kier molecular flexibility index (Phi) is 5.42. The van der Waals surface area contributed by atoms with Crippen molar-refractivity contribution in [2.45, 2.75) is 19.7 Å². The molecule has 29 heavy (non-hydrogen) atoms. The lowest BCUT2D eigenvalue weighted by Crippen LogP contribution is -2.20. The van der Waals surface area contributed by atoms with E-state index in [9.17, 15) is 4.79 Å². The topological polar surface area (TPSA) is 68.5 Å². The Morgan fingerprint density at radius 1 is 1.41 bits per heavy atom. The minimum absolute atomic E-state index is 0.159. The largest absolute Gasteiger partial charge is 0.471 e. The van der Waals surface area contributed by atoms with Crippen LogP contribution in [0, 0.1) is 0 Å². The fraction of sp³-hybridized carbons (Fsp3) is 0.227. The van der Waals surface area contributed by atoms with Crippen molar-refractivity contribution in [3.05, 3.63) is 74.9 Å². The molecule has 0 atom stereocenters. The van der Waals surface area contributed by atoms with E-state index in [4.69, 9.17) is 4.74 Å². The summed E-state index contributed by atoms with van der Waals surface area (Å²) in [5.74, 6) is 0.463. The highest BCUT2D eigenvalue weighted by Gasteiger charge is 2.18. The van der Waals surface area contributed by atoms with Crippen LogP contribution in [0.15, 0.2) is 52.1 Å². The van der Waals surface area contributed by atoms with Crippen molar-refractivity contribution in [2.75, 3.05) is 7.05 Å². The molecule has 0 radical (unpaired) electrons. The van der Waals surface area contributed by atoms with Gasteiger partial charge in [0.05, 0.1) is 5.39 Å². The third kappa shape index (κ3) is 3.66. The average Bonchev–Trinajstić information content (AvgIpc) is 3.37. The molecular formula is C22H22N4O2S. The number of aryl methyl sites for hydroxylation is 1. The first-order valence-corrected chi connectivity index (χ1v) is 10.2. The van der Waals surface area contributed by atoms with E-state index in [0.717, 1.165) is 34.5 Å². The second-order valence-corrected chi connectivity index (χ2v) is 7.70. The van der Waals surface area contributed by atoms with Crippen LogP contribution in [0.4, 0.5) is 0 Å². The zero-order chi connectivity index (χ0) is 20.4. The van der Waals surface area contributed by atoms with Crippen LogP contribution < -0.4 is 15.6 Å². The molecule has 7 heteroatoms. The summed E-state index contributed by atoms with van der Waals surface area (Å²) in [6.45, 7) is 6.07. The third-order valence-corrected chi connectivity index (χ3v) is 5.91. The monoisotopic (exact) mass is 406 g/mol. The average molecular weight is 407 g/mol. The normalized spacial score (nSPS) is 13.9. The van der Waals surface area contributed by atoms with Crippen LogP contribution in [0.3, 0.4) is 0 Å². The number of rotatable bonds is 6. The first-order chi connectivity index (χ1) is 14.1. The number of nitrogens with one attached hydrogen (secondary N) is 1. The number of hydrogen-bond acceptors (Lipinski definition) is 6. The van der Waals surface area contributed by atoms with E-state index in [0.29, 0.717) is 17.9 Å². The van der Waals surface area contributed by atoms with Crippen LogP contribution in [-0.2, 0) is 26.7 Å². The highest BCUT2D eigenvalue weighted by atomic mass is 32.1. The van der Waals surface area contributed by atoms with Crippen LogP contribution in [0.1, 0.15) is 22.3 Å². The molecule has 3 heterocycles. The zero-order valence-electron chi connectivity index (χ0n) is 16.4. The van der Waals surface area contributed by atoms with Gasteiger partial charge in [-0.05, 0) is 28.3 Å². The van der Waals surface area contributed by atoms with Crippen LogP contribution in [0.5, 0.6) is 5.88 Å². The van der Waals surface area contributed by atoms with Gasteiger partial charge in [0, 0.05) is 44.3 Å². The molecule has 0 unspecified atom stereocenters. The maximum absolute atomic E-state index is 12.8. The van der Waals surface area contributed by atoms with Crippen molar-refractivity contribution < 1.29 is 4.74 Å². The van der Waals surface area contributed by atoms with Crippen molar-refractivity contribution in [3.63, 3.8) is 0 Å². The first-order valence-electron chi connectivity index (χ1n) is 9.30. The van der Waals surface area contributed by atoms with Gasteiger partial charge in [0.25, 0.3) is 5.56 Å². The quantitative estimate of drug-likeness (QED) is 0.503. The summed E-state index contributed by atoms with van der Waals surface area (Å²) < 4.78 is 8.13. The molecular weight excluding hydrogens is 384 g/mol. The van der Waals surface area contributed by atoms with Gasteiger partial charge in [0.1, 0.15) is 11.3 Å². The van der Waals surface area contributed by atoms with Crippen LogP contribution in [-0.4, -0.2) is 23.0 Å². The van der Waals surface area contributed by atoms with Crippen molar-refractivity contribution in [1.82, 2.24) is 15.1 Å². The van der Waals surface area contributed by atoms with Crippen molar-refractivity contribution in [1.29, 1.82) is 0 Å². The van der Waals surface area contributed by atoms with Gasteiger partial charge in [-0.2, -0.15) is 0 Å². The minimum Gasteiger partial charge on any atom is -0.471 e. The number of aliphatic imine (C=N–C) groups is 1. The molecule has 6 nitrogen and oxygen atoms in total. The molecule has 0 amide bonds. The molecule has 0 fully saturated rings. The first kappa shape index (κ1) is 19.3. The van der Waals surface area contributed by atoms with Crippen LogP contribution in [0.25, 0.3) is 15.7 Å². The molecule has 0 saturated carbocycles. The van der Waals surface area contributed by atoms with E-state index >= 15 is 0 Å². The molecule has 2 aromatic heterocycles. The lowest BCUT2D eigenvalue weighted by molar-refractivity contribution is 0.290. The fourth-order valence-corrected chi connectivity index (χ4v) is 4.44. The number of benzene rings is 1. The number of allylic oxidation sites excluding steroid dienone is 3. The maximum atomic E-state index is 12.8. The number of thiophene rings is 1. The molecule has 0 bridgehead atoms. The second kappa shape index (κ2) is 8.14. The summed E-state index contributed by atoms with van der Waals surface area (Å²) in [5.41, 5.74) is 5.21. The molecule has 4 rings (SSSR count). The molecule has 1 aromatic carbocycles. The maximum Gasteiger partial charge on any atom is 0.276 e. The van der Waals surface area contributed by atoms with E-state index in [1.807, 2.05) is 11.5 Å². The molecule has 1 aliphatic rings. The highest BCUT2D eigenvalue weighted by Crippen LogP contribution is 2.34. The number of aromatic nitrogens is 2. The Morgan fingerprint density at radius 3 is 3.03 bits per heavy atom. The van der Waals surface area contributed by atoms with Gasteiger partial charge in [-0.3, -0.25) is 9.79 Å². The molecule has 0 aliphatic carbocycles. The number of fused-ring (bicyclic) bond motifs is 2. The second-order valence-electron chi connectivity index (χ2n) is 6.82. The lowest BCUT2D eigenvalue weighted by atomic mass is 10.1. The third-order valence-electron chi connectivity index (χ3n) is 4.95. The Hall–Kier alpha value is -3.03. The van der Waals surface area contributed by atoms with Gasteiger partial charge >= 0.3 is 0 Å². The summed E-state index contributed by atoms with van der Waals surface area (Å²) in [5, 5.41) is 10.2. The lowest BCUT2D eigenvalue weighted by Gasteiger charge is -2.09. The van der Waals surface area contributed by atoms with E-state index in [1.54, 1.807) is 26.4 Å². The zero-order valence-corrected chi connectivity index (χ0v) is 17.3. The van der Waals surface area contributed by atoms with E-state index in [2.05, 4.69) is 40.2 Å². The van der Waals surface area contributed by atoms with Crippen molar-refractivity contribution in [2.24, 2.45) is 12.0 Å². The standard InChI is InChI=1S/C22H22N4O2S/c1-4-15(7-8-23-2)18-13-29-20-19(18)22(27)26(3)25-21(20)28-12-14-5-6-16-10-24-11-17(16)9-14/h4-9,13,24H,1,10-12H2,2-3H3/b15-7+,23-8?. The predicted molar refractivity (Wildman–Crippen MR) is 119 cm³/mol. The number of ether oxygens (including phenoxy) is 1. The van der Waals surface area contributed by atoms with Gasteiger partial charge in [-0.25, -0.2) is 4.68 Å². The van der Waals surface area contributed by atoms with Crippen LogP contribution in [0.2, 0.25) is 0 Å². The van der Waals surface area contributed by atoms with E-state index in [-0.39, 0.29) is 5.56 Å². The van der Waals surface area contributed by atoms with Crippen molar-refractivity contribution >= 4 is 33.2 Å². The summed E-state index contributed by atoms with van der Waals surface area (Å²) in [4.78, 5) is 16.8. The molecule has 0 saturated heterocycles. The minimum atomic E-state index is -0.159. The highest BCUT2D eigenvalue weighted by molar-refractivity contribution is 7.17. The smallest absolute Gasteiger partial charge is 0.276 e. The Labute approximate surface area is 172 Å². The molecule has 148 valence electrons. The van der Waals surface area contributed by atoms with Gasteiger partial charge in [-0.1, -0.05) is 30.9 Å². The molecule has 1 N–H and O–H groups in total. The summed E-state index contributed by atoms with van der Waals surface area (Å²) in [6, 6.07) is 6.38. The van der Waals surface area contributed by atoms with Gasteiger partial charge in [-0.15, -0.1) is 16.4 Å². The predicted octanol–water partition coefficient (Wildman–Crippen LogP) is 3.45. The SMILES string of the molecule is C=C/C(=C\C=NC)c1csc2c(OCc3ccc4c(c3)CNC4)nn(C)c(=O)c12. The summed E-state index contributed by atoms with van der Waals surface area (Å²) >= 11 is 1.45. The number of hydrogen-bond donors (Lipinski definition) is 1. The van der Waals surface area contributed by atoms with E-state index < -0.39 is 0 Å². The summed E-state index contributed by atoms with van der Waals surface area (Å²) in [6.07, 6.45) is 5.25.